The maximum absolute atomic E-state index is 5.91. The molecule has 2 N–H and O–H groups in total. The molecule has 1 aromatic heterocycles. The van der Waals surface area contributed by atoms with E-state index in [4.69, 9.17) is 17.3 Å². The van der Waals surface area contributed by atoms with Crippen LogP contribution in [0.2, 0.25) is 5.28 Å². The maximum Gasteiger partial charge on any atom is 0.224 e. The normalized spacial score (nSPS) is 20.1. The zero-order valence-corrected chi connectivity index (χ0v) is 11.7. The summed E-state index contributed by atoms with van der Waals surface area (Å²) in [4.78, 5) is 10.3. The van der Waals surface area contributed by atoms with E-state index in [-0.39, 0.29) is 5.28 Å². The van der Waals surface area contributed by atoms with Crippen molar-refractivity contribution in [3.05, 3.63) is 11.5 Å². The number of hydrogen-bond acceptors (Lipinski definition) is 5. The van der Waals surface area contributed by atoms with Gasteiger partial charge in [-0.2, -0.15) is 16.7 Å². The van der Waals surface area contributed by atoms with Crippen LogP contribution < -0.4 is 10.6 Å². The summed E-state index contributed by atoms with van der Waals surface area (Å²) in [6, 6.07) is 0. The van der Waals surface area contributed by atoms with Crippen LogP contribution in [0, 0.1) is 0 Å². The Hall–Kier alpha value is -0.680. The van der Waals surface area contributed by atoms with Gasteiger partial charge in [0.2, 0.25) is 5.28 Å². The van der Waals surface area contributed by atoms with Gasteiger partial charge in [-0.1, -0.05) is 13.8 Å². The first-order valence-corrected chi connectivity index (χ1v) is 7.01. The van der Waals surface area contributed by atoms with Crippen LogP contribution in [-0.4, -0.2) is 33.6 Å². The number of nitrogens with two attached hydrogens (primary N) is 1. The van der Waals surface area contributed by atoms with Gasteiger partial charge in [0, 0.05) is 23.6 Å². The first kappa shape index (κ1) is 12.8. The lowest BCUT2D eigenvalue weighted by atomic mass is 10.1. The Morgan fingerprint density at radius 2 is 2.24 bits per heavy atom. The molecule has 0 bridgehead atoms. The Kier molecular flexibility index (Phi) is 3.68. The van der Waals surface area contributed by atoms with E-state index in [1.165, 1.54) is 0 Å². The molecule has 1 aromatic rings. The summed E-state index contributed by atoms with van der Waals surface area (Å²) < 4.78 is 0.320. The fraction of sp³-hybridized carbons (Fsp3) is 0.636. The second-order valence-corrected chi connectivity index (χ2v) is 6.90. The van der Waals surface area contributed by atoms with Gasteiger partial charge in [-0.15, -0.1) is 0 Å². The zero-order valence-electron chi connectivity index (χ0n) is 10.1. The third-order valence-electron chi connectivity index (χ3n) is 2.90. The molecule has 2 heterocycles. The minimum Gasteiger partial charge on any atom is -0.394 e. The highest BCUT2D eigenvalue weighted by Crippen LogP contribution is 2.33. The van der Waals surface area contributed by atoms with E-state index >= 15 is 0 Å². The summed E-state index contributed by atoms with van der Waals surface area (Å²) in [5.41, 5.74) is 6.50. The standard InChI is InChI=1S/C11H17ClN4S/c1-11(2)3-4-16(5-6-17-11)9-8(13)7-14-10(12)15-9/h7H,3-6,13H2,1-2H3. The van der Waals surface area contributed by atoms with Crippen LogP contribution in [0.3, 0.4) is 0 Å². The summed E-state index contributed by atoms with van der Waals surface area (Å²) >= 11 is 7.81. The number of nitrogens with zero attached hydrogens (tertiary/aromatic N) is 3. The van der Waals surface area contributed by atoms with Gasteiger partial charge in [-0.05, 0) is 18.0 Å². The van der Waals surface area contributed by atoms with Crippen molar-refractivity contribution >= 4 is 34.9 Å². The molecule has 6 heteroatoms. The van der Waals surface area contributed by atoms with Crippen molar-refractivity contribution in [2.75, 3.05) is 29.5 Å². The van der Waals surface area contributed by atoms with E-state index < -0.39 is 0 Å². The number of aromatic nitrogens is 2. The Bertz CT molecular complexity index is 410. The Balaban J connectivity index is 2.19. The van der Waals surface area contributed by atoms with Crippen LogP contribution in [0.4, 0.5) is 11.5 Å². The first-order valence-electron chi connectivity index (χ1n) is 5.65. The summed E-state index contributed by atoms with van der Waals surface area (Å²) in [7, 11) is 0. The van der Waals surface area contributed by atoms with Gasteiger partial charge in [0.1, 0.15) is 0 Å². The van der Waals surface area contributed by atoms with E-state index in [0.29, 0.717) is 10.4 Å². The minimum absolute atomic E-state index is 0.255. The average Bonchev–Trinajstić information content (AvgIpc) is 2.43. The highest BCUT2D eigenvalue weighted by Gasteiger charge is 2.25. The summed E-state index contributed by atoms with van der Waals surface area (Å²) in [6.45, 7) is 6.46. The molecule has 1 aliphatic heterocycles. The van der Waals surface area contributed by atoms with Crippen molar-refractivity contribution in [1.82, 2.24) is 9.97 Å². The predicted octanol–water partition coefficient (Wildman–Crippen LogP) is 2.43. The van der Waals surface area contributed by atoms with Crippen molar-refractivity contribution < 1.29 is 0 Å². The molecule has 0 radical (unpaired) electrons. The molecule has 0 unspecified atom stereocenters. The lowest BCUT2D eigenvalue weighted by Gasteiger charge is -2.24. The minimum atomic E-state index is 0.255. The molecule has 0 aromatic carbocycles. The highest BCUT2D eigenvalue weighted by molar-refractivity contribution is 8.00. The Morgan fingerprint density at radius 3 is 3.00 bits per heavy atom. The van der Waals surface area contributed by atoms with Crippen molar-refractivity contribution in [3.8, 4) is 0 Å². The second-order valence-electron chi connectivity index (χ2n) is 4.76. The van der Waals surface area contributed by atoms with Crippen molar-refractivity contribution in [2.45, 2.75) is 25.0 Å². The van der Waals surface area contributed by atoms with Crippen LogP contribution in [-0.2, 0) is 0 Å². The summed E-state index contributed by atoms with van der Waals surface area (Å²) in [5.74, 6) is 1.84. The number of thioether (sulfide) groups is 1. The van der Waals surface area contributed by atoms with E-state index in [1.54, 1.807) is 6.20 Å². The molecular formula is C11H17ClN4S. The van der Waals surface area contributed by atoms with E-state index in [9.17, 15) is 0 Å². The number of nitrogen functional groups attached to an aromatic ring is 1. The van der Waals surface area contributed by atoms with Gasteiger partial charge in [-0.3, -0.25) is 0 Å². The van der Waals surface area contributed by atoms with Gasteiger partial charge < -0.3 is 10.6 Å². The summed E-state index contributed by atoms with van der Waals surface area (Å²) in [6.07, 6.45) is 2.69. The van der Waals surface area contributed by atoms with Crippen molar-refractivity contribution in [1.29, 1.82) is 0 Å². The molecule has 2 rings (SSSR count). The van der Waals surface area contributed by atoms with E-state index in [2.05, 4.69) is 28.7 Å². The van der Waals surface area contributed by atoms with Gasteiger partial charge in [0.05, 0.1) is 11.9 Å². The quantitative estimate of drug-likeness (QED) is 0.796. The lowest BCUT2D eigenvalue weighted by molar-refractivity contribution is 0.635. The van der Waals surface area contributed by atoms with Gasteiger partial charge >= 0.3 is 0 Å². The van der Waals surface area contributed by atoms with Crippen LogP contribution in [0.5, 0.6) is 0 Å². The number of anilines is 2. The van der Waals surface area contributed by atoms with Crippen LogP contribution in [0.1, 0.15) is 20.3 Å². The first-order chi connectivity index (χ1) is 7.98. The molecule has 1 fully saturated rings. The Morgan fingerprint density at radius 1 is 1.47 bits per heavy atom. The van der Waals surface area contributed by atoms with Crippen LogP contribution in [0.15, 0.2) is 6.20 Å². The molecule has 17 heavy (non-hydrogen) atoms. The molecule has 0 aliphatic carbocycles. The van der Waals surface area contributed by atoms with Crippen molar-refractivity contribution in [2.24, 2.45) is 0 Å². The highest BCUT2D eigenvalue weighted by atomic mass is 35.5. The average molecular weight is 273 g/mol. The van der Waals surface area contributed by atoms with E-state index in [1.807, 2.05) is 11.8 Å². The predicted molar refractivity (Wildman–Crippen MR) is 74.8 cm³/mol. The SMILES string of the molecule is CC1(C)CCN(c2nc(Cl)ncc2N)CCS1. The topological polar surface area (TPSA) is 55.0 Å². The van der Waals surface area contributed by atoms with Gasteiger partial charge in [-0.25, -0.2) is 4.98 Å². The molecule has 4 nitrogen and oxygen atoms in total. The molecule has 0 spiro atoms. The number of rotatable bonds is 1. The fourth-order valence-electron chi connectivity index (χ4n) is 1.85. The third-order valence-corrected chi connectivity index (χ3v) is 4.46. The molecule has 0 amide bonds. The largest absolute Gasteiger partial charge is 0.394 e. The second kappa shape index (κ2) is 4.90. The fourth-order valence-corrected chi connectivity index (χ4v) is 3.08. The molecular weight excluding hydrogens is 256 g/mol. The maximum atomic E-state index is 5.91. The smallest absolute Gasteiger partial charge is 0.224 e. The molecule has 94 valence electrons. The number of hydrogen-bond donors (Lipinski definition) is 1. The number of halogens is 1. The molecule has 0 atom stereocenters. The summed E-state index contributed by atoms with van der Waals surface area (Å²) in [5, 5.41) is 0.255. The van der Waals surface area contributed by atoms with Crippen LogP contribution in [0.25, 0.3) is 0 Å². The van der Waals surface area contributed by atoms with Gasteiger partial charge in [0.25, 0.3) is 0 Å². The van der Waals surface area contributed by atoms with Crippen LogP contribution >= 0.6 is 23.4 Å². The molecule has 1 aliphatic rings. The zero-order chi connectivity index (χ0) is 12.5. The molecule has 1 saturated heterocycles. The van der Waals surface area contributed by atoms with Crippen molar-refractivity contribution in [3.63, 3.8) is 0 Å². The van der Waals surface area contributed by atoms with E-state index in [0.717, 1.165) is 31.1 Å². The monoisotopic (exact) mass is 272 g/mol. The Labute approximate surface area is 111 Å². The third kappa shape index (κ3) is 3.16. The lowest BCUT2D eigenvalue weighted by Crippen LogP contribution is -2.28. The molecule has 0 saturated carbocycles. The van der Waals surface area contributed by atoms with Gasteiger partial charge in [0.15, 0.2) is 5.82 Å².